The summed E-state index contributed by atoms with van der Waals surface area (Å²) in [5.74, 6) is 1.30. The molecule has 17 heavy (non-hydrogen) atoms. The number of hydrogen-bond donors (Lipinski definition) is 1. The van der Waals surface area contributed by atoms with E-state index in [1.165, 1.54) is 6.42 Å². The first kappa shape index (κ1) is 12.7. The SMILES string of the molecule is COc1c(C(C)C)cc(Cl)cc1C1(N)CCC1. The summed E-state index contributed by atoms with van der Waals surface area (Å²) in [6.07, 6.45) is 3.21. The third-order valence-electron chi connectivity index (χ3n) is 3.69. The van der Waals surface area contributed by atoms with Crippen LogP contribution in [0.3, 0.4) is 0 Å². The predicted molar refractivity (Wildman–Crippen MR) is 71.8 cm³/mol. The molecule has 0 amide bonds. The number of methoxy groups -OCH3 is 1. The van der Waals surface area contributed by atoms with Crippen LogP contribution in [0.25, 0.3) is 0 Å². The van der Waals surface area contributed by atoms with E-state index in [1.807, 2.05) is 12.1 Å². The van der Waals surface area contributed by atoms with Crippen molar-refractivity contribution in [3.05, 3.63) is 28.3 Å². The summed E-state index contributed by atoms with van der Waals surface area (Å²) >= 11 is 6.20. The Hall–Kier alpha value is -0.730. The van der Waals surface area contributed by atoms with E-state index in [1.54, 1.807) is 7.11 Å². The molecule has 0 aliphatic heterocycles. The second-order valence-electron chi connectivity index (χ2n) is 5.24. The zero-order valence-electron chi connectivity index (χ0n) is 10.7. The molecule has 0 saturated heterocycles. The first-order chi connectivity index (χ1) is 7.98. The Kier molecular flexibility index (Phi) is 3.37. The van der Waals surface area contributed by atoms with Gasteiger partial charge in [0.1, 0.15) is 5.75 Å². The van der Waals surface area contributed by atoms with Crippen LogP contribution >= 0.6 is 11.6 Å². The van der Waals surface area contributed by atoms with Crippen LogP contribution in [0, 0.1) is 0 Å². The molecule has 0 unspecified atom stereocenters. The monoisotopic (exact) mass is 253 g/mol. The summed E-state index contributed by atoms with van der Waals surface area (Å²) in [5.41, 5.74) is 8.38. The highest BCUT2D eigenvalue weighted by Gasteiger charge is 2.37. The highest BCUT2D eigenvalue weighted by molar-refractivity contribution is 6.30. The van der Waals surface area contributed by atoms with Crippen LogP contribution in [-0.4, -0.2) is 7.11 Å². The second kappa shape index (κ2) is 4.51. The molecule has 1 aromatic carbocycles. The maximum absolute atomic E-state index is 6.40. The predicted octanol–water partition coefficient (Wildman–Crippen LogP) is 3.81. The summed E-state index contributed by atoms with van der Waals surface area (Å²) in [4.78, 5) is 0. The Morgan fingerprint density at radius 2 is 2.00 bits per heavy atom. The molecule has 0 atom stereocenters. The van der Waals surface area contributed by atoms with Crippen molar-refractivity contribution in [1.29, 1.82) is 0 Å². The maximum atomic E-state index is 6.40. The lowest BCUT2D eigenvalue weighted by Gasteiger charge is -2.40. The Morgan fingerprint density at radius 1 is 1.35 bits per heavy atom. The standard InChI is InChI=1S/C14H20ClNO/c1-9(2)11-7-10(15)8-12(13(11)17-3)14(16)5-4-6-14/h7-9H,4-6,16H2,1-3H3. The van der Waals surface area contributed by atoms with Crippen LogP contribution in [0.15, 0.2) is 12.1 Å². The third kappa shape index (κ3) is 2.16. The van der Waals surface area contributed by atoms with Crippen molar-refractivity contribution in [3.8, 4) is 5.75 Å². The van der Waals surface area contributed by atoms with Gasteiger partial charge in [0.05, 0.1) is 7.11 Å². The van der Waals surface area contributed by atoms with E-state index in [4.69, 9.17) is 22.1 Å². The van der Waals surface area contributed by atoms with Gasteiger partial charge in [0.15, 0.2) is 0 Å². The fourth-order valence-corrected chi connectivity index (χ4v) is 2.69. The van der Waals surface area contributed by atoms with E-state index in [0.29, 0.717) is 5.92 Å². The smallest absolute Gasteiger partial charge is 0.127 e. The lowest BCUT2D eigenvalue weighted by Crippen LogP contribution is -2.43. The van der Waals surface area contributed by atoms with Crippen LogP contribution < -0.4 is 10.5 Å². The molecule has 94 valence electrons. The van der Waals surface area contributed by atoms with Gasteiger partial charge in [-0.3, -0.25) is 0 Å². The zero-order chi connectivity index (χ0) is 12.6. The average molecular weight is 254 g/mol. The van der Waals surface area contributed by atoms with Crippen LogP contribution in [0.5, 0.6) is 5.75 Å². The van der Waals surface area contributed by atoms with Gasteiger partial charge in [-0.15, -0.1) is 0 Å². The molecule has 1 aliphatic carbocycles. The van der Waals surface area contributed by atoms with Crippen molar-refractivity contribution in [1.82, 2.24) is 0 Å². The summed E-state index contributed by atoms with van der Waals surface area (Å²) in [6, 6.07) is 3.95. The molecule has 1 aliphatic rings. The number of hydrogen-bond acceptors (Lipinski definition) is 2. The summed E-state index contributed by atoms with van der Waals surface area (Å²) in [7, 11) is 1.71. The number of rotatable bonds is 3. The molecule has 0 bridgehead atoms. The minimum Gasteiger partial charge on any atom is -0.496 e. The molecule has 1 saturated carbocycles. The molecule has 1 fully saturated rings. The molecular weight excluding hydrogens is 234 g/mol. The van der Waals surface area contributed by atoms with Crippen molar-refractivity contribution < 1.29 is 4.74 Å². The molecule has 0 heterocycles. The molecular formula is C14H20ClNO. The van der Waals surface area contributed by atoms with Gasteiger partial charge in [-0.05, 0) is 42.9 Å². The quantitative estimate of drug-likeness (QED) is 0.889. The first-order valence-corrected chi connectivity index (χ1v) is 6.52. The fourth-order valence-electron chi connectivity index (χ4n) is 2.47. The van der Waals surface area contributed by atoms with E-state index < -0.39 is 0 Å². The average Bonchev–Trinajstić information content (AvgIpc) is 2.24. The topological polar surface area (TPSA) is 35.2 Å². The van der Waals surface area contributed by atoms with Gasteiger partial charge in [0.25, 0.3) is 0 Å². The van der Waals surface area contributed by atoms with E-state index in [-0.39, 0.29) is 5.54 Å². The molecule has 1 aromatic rings. The van der Waals surface area contributed by atoms with Crippen LogP contribution in [0.2, 0.25) is 5.02 Å². The van der Waals surface area contributed by atoms with Crippen LogP contribution in [-0.2, 0) is 5.54 Å². The zero-order valence-corrected chi connectivity index (χ0v) is 11.5. The Balaban J connectivity index is 2.57. The Morgan fingerprint density at radius 3 is 2.41 bits per heavy atom. The van der Waals surface area contributed by atoms with Crippen molar-refractivity contribution in [2.45, 2.75) is 44.6 Å². The lowest BCUT2D eigenvalue weighted by molar-refractivity contribution is 0.243. The van der Waals surface area contributed by atoms with Gasteiger partial charge >= 0.3 is 0 Å². The van der Waals surface area contributed by atoms with Gasteiger partial charge < -0.3 is 10.5 Å². The number of benzene rings is 1. The Labute approximate surface area is 108 Å². The Bertz CT molecular complexity index is 424. The van der Waals surface area contributed by atoms with E-state index in [2.05, 4.69) is 13.8 Å². The number of halogens is 1. The van der Waals surface area contributed by atoms with E-state index in [0.717, 1.165) is 34.7 Å². The molecule has 2 N–H and O–H groups in total. The van der Waals surface area contributed by atoms with Gasteiger partial charge in [0, 0.05) is 16.1 Å². The fraction of sp³-hybridized carbons (Fsp3) is 0.571. The molecule has 0 spiro atoms. The molecule has 0 aromatic heterocycles. The first-order valence-electron chi connectivity index (χ1n) is 6.15. The van der Waals surface area contributed by atoms with Crippen molar-refractivity contribution in [3.63, 3.8) is 0 Å². The van der Waals surface area contributed by atoms with Gasteiger partial charge in [0.2, 0.25) is 0 Å². The highest BCUT2D eigenvalue weighted by atomic mass is 35.5. The number of ether oxygens (including phenoxy) is 1. The van der Waals surface area contributed by atoms with E-state index in [9.17, 15) is 0 Å². The van der Waals surface area contributed by atoms with Crippen LogP contribution in [0.1, 0.15) is 50.2 Å². The minimum absolute atomic E-state index is 0.236. The van der Waals surface area contributed by atoms with Gasteiger partial charge in [-0.2, -0.15) is 0 Å². The summed E-state index contributed by atoms with van der Waals surface area (Å²) in [6.45, 7) is 4.28. The summed E-state index contributed by atoms with van der Waals surface area (Å²) < 4.78 is 5.58. The second-order valence-corrected chi connectivity index (χ2v) is 5.68. The number of nitrogens with two attached hydrogens (primary N) is 1. The lowest BCUT2D eigenvalue weighted by atomic mass is 9.71. The molecule has 2 rings (SSSR count). The molecule has 0 radical (unpaired) electrons. The third-order valence-corrected chi connectivity index (χ3v) is 3.91. The maximum Gasteiger partial charge on any atom is 0.127 e. The summed E-state index contributed by atoms with van der Waals surface area (Å²) in [5, 5.41) is 0.751. The molecule has 3 heteroatoms. The van der Waals surface area contributed by atoms with Crippen LogP contribution in [0.4, 0.5) is 0 Å². The normalized spacial score (nSPS) is 18.0. The van der Waals surface area contributed by atoms with Gasteiger partial charge in [-0.1, -0.05) is 25.4 Å². The minimum atomic E-state index is -0.236. The van der Waals surface area contributed by atoms with Crippen molar-refractivity contribution >= 4 is 11.6 Å². The largest absolute Gasteiger partial charge is 0.496 e. The van der Waals surface area contributed by atoms with E-state index >= 15 is 0 Å². The highest BCUT2D eigenvalue weighted by Crippen LogP contribution is 2.46. The van der Waals surface area contributed by atoms with Crippen molar-refractivity contribution in [2.75, 3.05) is 7.11 Å². The van der Waals surface area contributed by atoms with Crippen molar-refractivity contribution in [2.24, 2.45) is 5.73 Å². The van der Waals surface area contributed by atoms with Gasteiger partial charge in [-0.25, -0.2) is 0 Å². The molecule has 2 nitrogen and oxygen atoms in total.